The number of furan rings is 1. The Kier molecular flexibility index (Phi) is 8.98. The molecule has 0 radical (unpaired) electrons. The van der Waals surface area contributed by atoms with Crippen LogP contribution >= 0.6 is 11.8 Å². The third kappa shape index (κ3) is 7.36. The van der Waals surface area contributed by atoms with Gasteiger partial charge in [0.15, 0.2) is 10.9 Å². The van der Waals surface area contributed by atoms with Gasteiger partial charge in [-0.3, -0.25) is 4.79 Å². The fourth-order valence-electron chi connectivity index (χ4n) is 2.63. The van der Waals surface area contributed by atoms with Crippen LogP contribution in [0.2, 0.25) is 0 Å². The maximum atomic E-state index is 12.2. The lowest BCUT2D eigenvalue weighted by Gasteiger charge is -2.19. The molecular weight excluding hydrogens is 386 g/mol. The molecule has 0 saturated heterocycles. The average molecular weight is 420 g/mol. The molecule has 0 aliphatic carbocycles. The van der Waals surface area contributed by atoms with Crippen LogP contribution in [0.25, 0.3) is 0 Å². The molecule has 0 bridgehead atoms. The molecule has 2 aromatic heterocycles. The minimum atomic E-state index is -0.190. The highest BCUT2D eigenvalue weighted by Gasteiger charge is 2.14. The molecule has 0 saturated carbocycles. The van der Waals surface area contributed by atoms with Gasteiger partial charge in [-0.15, -0.1) is 0 Å². The molecule has 160 valence electrons. The number of carbonyl (C=O) groups excluding carboxylic acids is 1. The molecule has 0 spiro atoms. The van der Waals surface area contributed by atoms with Crippen molar-refractivity contribution in [2.75, 3.05) is 45.7 Å². The molecule has 8 heteroatoms. The van der Waals surface area contributed by atoms with E-state index in [1.54, 1.807) is 6.07 Å². The summed E-state index contributed by atoms with van der Waals surface area (Å²) in [7, 11) is 5.99. The Morgan fingerprint density at radius 3 is 2.62 bits per heavy atom. The second-order valence-electron chi connectivity index (χ2n) is 7.62. The van der Waals surface area contributed by atoms with E-state index in [2.05, 4.69) is 49.1 Å². The van der Waals surface area contributed by atoms with Crippen molar-refractivity contribution in [1.82, 2.24) is 20.2 Å². The van der Waals surface area contributed by atoms with E-state index in [9.17, 15) is 4.79 Å². The normalized spacial score (nSPS) is 11.3. The van der Waals surface area contributed by atoms with Crippen LogP contribution < -0.4 is 10.2 Å². The molecule has 0 fully saturated rings. The van der Waals surface area contributed by atoms with Crippen molar-refractivity contribution in [3.63, 3.8) is 0 Å². The van der Waals surface area contributed by atoms with E-state index in [4.69, 9.17) is 9.40 Å². The Labute approximate surface area is 178 Å². The van der Waals surface area contributed by atoms with E-state index in [1.807, 2.05) is 25.1 Å². The van der Waals surface area contributed by atoms with E-state index < -0.39 is 0 Å². The van der Waals surface area contributed by atoms with Crippen molar-refractivity contribution in [3.8, 4) is 0 Å². The first-order valence-electron chi connectivity index (χ1n) is 10.0. The minimum absolute atomic E-state index is 0.190. The molecule has 1 N–H and O–H groups in total. The quantitative estimate of drug-likeness (QED) is 0.440. The van der Waals surface area contributed by atoms with Crippen molar-refractivity contribution < 1.29 is 9.21 Å². The fraction of sp³-hybridized carbons (Fsp3) is 0.571. The zero-order chi connectivity index (χ0) is 21.4. The van der Waals surface area contributed by atoms with E-state index in [-0.39, 0.29) is 5.91 Å². The van der Waals surface area contributed by atoms with Crippen LogP contribution in [0.1, 0.15) is 55.1 Å². The highest BCUT2D eigenvalue weighted by molar-refractivity contribution is 7.98. The van der Waals surface area contributed by atoms with Crippen molar-refractivity contribution in [2.24, 2.45) is 0 Å². The summed E-state index contributed by atoms with van der Waals surface area (Å²) in [6, 6.07) is 5.62. The standard InChI is InChI=1S/C21H33N5O2S/c1-7-11-26(6)19-13-17(15(2)3)23-21(24-19)29-14-16-8-9-18(28-16)20(27)22-10-12-25(4)5/h8-9,13,15H,7,10-12,14H2,1-6H3,(H,22,27). The predicted molar refractivity (Wildman–Crippen MR) is 119 cm³/mol. The number of nitrogens with zero attached hydrogens (tertiary/aromatic N) is 4. The van der Waals surface area contributed by atoms with Crippen LogP contribution in [-0.2, 0) is 5.75 Å². The number of amides is 1. The van der Waals surface area contributed by atoms with E-state index in [0.29, 0.717) is 24.0 Å². The Morgan fingerprint density at radius 2 is 1.97 bits per heavy atom. The first kappa shape index (κ1) is 23.2. The SMILES string of the molecule is CCCN(C)c1cc(C(C)C)nc(SCc2ccc(C(=O)NCCN(C)C)o2)n1. The van der Waals surface area contributed by atoms with Crippen LogP contribution in [0, 0.1) is 0 Å². The zero-order valence-corrected chi connectivity index (χ0v) is 19.2. The molecule has 2 heterocycles. The van der Waals surface area contributed by atoms with Crippen LogP contribution in [0.3, 0.4) is 0 Å². The number of hydrogen-bond acceptors (Lipinski definition) is 7. The third-order valence-electron chi connectivity index (χ3n) is 4.33. The van der Waals surface area contributed by atoms with Gasteiger partial charge in [0.2, 0.25) is 0 Å². The maximum Gasteiger partial charge on any atom is 0.287 e. The number of anilines is 1. The van der Waals surface area contributed by atoms with Gasteiger partial charge in [-0.25, -0.2) is 9.97 Å². The second kappa shape index (κ2) is 11.2. The number of nitrogens with one attached hydrogen (secondary N) is 1. The van der Waals surface area contributed by atoms with Crippen molar-refractivity contribution in [1.29, 1.82) is 0 Å². The van der Waals surface area contributed by atoms with Gasteiger partial charge in [0.05, 0.1) is 5.75 Å². The third-order valence-corrected chi connectivity index (χ3v) is 5.20. The lowest BCUT2D eigenvalue weighted by molar-refractivity contribution is 0.0922. The number of rotatable bonds is 11. The molecule has 0 aromatic carbocycles. The van der Waals surface area contributed by atoms with Crippen LogP contribution in [0.4, 0.5) is 5.82 Å². The average Bonchev–Trinajstić information content (AvgIpc) is 3.15. The number of likely N-dealkylation sites (N-methyl/N-ethyl adjacent to an activating group) is 1. The lowest BCUT2D eigenvalue weighted by Crippen LogP contribution is -2.31. The van der Waals surface area contributed by atoms with Gasteiger partial charge in [-0.05, 0) is 38.6 Å². The molecule has 0 atom stereocenters. The summed E-state index contributed by atoms with van der Waals surface area (Å²) in [6.45, 7) is 8.74. The summed E-state index contributed by atoms with van der Waals surface area (Å²) < 4.78 is 5.71. The smallest absolute Gasteiger partial charge is 0.287 e. The van der Waals surface area contributed by atoms with Gasteiger partial charge < -0.3 is 19.5 Å². The zero-order valence-electron chi connectivity index (χ0n) is 18.4. The molecule has 1 amide bonds. The van der Waals surface area contributed by atoms with Crippen molar-refractivity contribution >= 4 is 23.5 Å². The van der Waals surface area contributed by atoms with Crippen LogP contribution in [0.15, 0.2) is 27.8 Å². The molecule has 2 aromatic rings. The van der Waals surface area contributed by atoms with Gasteiger partial charge in [-0.2, -0.15) is 0 Å². The Hall–Kier alpha value is -2.06. The topological polar surface area (TPSA) is 74.5 Å². The second-order valence-corrected chi connectivity index (χ2v) is 8.57. The molecule has 29 heavy (non-hydrogen) atoms. The van der Waals surface area contributed by atoms with E-state index in [0.717, 1.165) is 41.9 Å². The van der Waals surface area contributed by atoms with Gasteiger partial charge in [-0.1, -0.05) is 32.5 Å². The summed E-state index contributed by atoms with van der Waals surface area (Å²) in [6.07, 6.45) is 1.06. The largest absolute Gasteiger partial charge is 0.455 e. The Morgan fingerprint density at radius 1 is 1.21 bits per heavy atom. The summed E-state index contributed by atoms with van der Waals surface area (Å²) in [5, 5.41) is 3.58. The first-order chi connectivity index (χ1) is 13.8. The highest BCUT2D eigenvalue weighted by atomic mass is 32.2. The van der Waals surface area contributed by atoms with Gasteiger partial charge >= 0.3 is 0 Å². The lowest BCUT2D eigenvalue weighted by atomic mass is 10.1. The maximum absolute atomic E-state index is 12.2. The molecule has 0 unspecified atom stereocenters. The van der Waals surface area contributed by atoms with E-state index >= 15 is 0 Å². The number of thioether (sulfide) groups is 1. The summed E-state index contributed by atoms with van der Waals surface area (Å²) >= 11 is 1.52. The summed E-state index contributed by atoms with van der Waals surface area (Å²) in [4.78, 5) is 25.7. The van der Waals surface area contributed by atoms with Crippen LogP contribution in [-0.4, -0.2) is 61.6 Å². The van der Waals surface area contributed by atoms with Crippen molar-refractivity contribution in [2.45, 2.75) is 44.0 Å². The summed E-state index contributed by atoms with van der Waals surface area (Å²) in [5.41, 5.74) is 1.03. The molecule has 7 nitrogen and oxygen atoms in total. The van der Waals surface area contributed by atoms with Crippen molar-refractivity contribution in [3.05, 3.63) is 35.4 Å². The molecular formula is C21H33N5O2S. The van der Waals surface area contributed by atoms with Gasteiger partial charge in [0.1, 0.15) is 11.6 Å². The highest BCUT2D eigenvalue weighted by Crippen LogP contribution is 2.26. The monoisotopic (exact) mass is 419 g/mol. The molecule has 0 aliphatic heterocycles. The Balaban J connectivity index is 2.02. The number of aromatic nitrogens is 2. The van der Waals surface area contributed by atoms with E-state index in [1.165, 1.54) is 11.8 Å². The summed E-state index contributed by atoms with van der Waals surface area (Å²) in [5.74, 6) is 2.71. The van der Waals surface area contributed by atoms with Gasteiger partial charge in [0, 0.05) is 38.4 Å². The minimum Gasteiger partial charge on any atom is -0.455 e. The number of carbonyl (C=O) groups is 1. The fourth-order valence-corrected chi connectivity index (χ4v) is 3.38. The van der Waals surface area contributed by atoms with Crippen LogP contribution in [0.5, 0.6) is 0 Å². The van der Waals surface area contributed by atoms with Gasteiger partial charge in [0.25, 0.3) is 5.91 Å². The molecule has 2 rings (SSSR count). The molecule has 0 aliphatic rings. The number of hydrogen-bond donors (Lipinski definition) is 1. The first-order valence-corrected chi connectivity index (χ1v) is 11.0. The predicted octanol–water partition coefficient (Wildman–Crippen LogP) is 3.62. The Bertz CT molecular complexity index is 791.